The number of fused-ring (bicyclic) bond motifs is 3. The first-order valence-electron chi connectivity index (χ1n) is 10.2. The number of phenolic OH excluding ortho intramolecular Hbond substituents is 1. The van der Waals surface area contributed by atoms with Crippen LogP contribution in [0.5, 0.6) is 11.5 Å². The lowest BCUT2D eigenvalue weighted by atomic mass is 9.64. The second kappa shape index (κ2) is 7.23. The lowest BCUT2D eigenvalue weighted by Gasteiger charge is -2.54. The Morgan fingerprint density at radius 1 is 1.32 bits per heavy atom. The zero-order valence-electron chi connectivity index (χ0n) is 17.1. The van der Waals surface area contributed by atoms with Crippen LogP contribution in [0.4, 0.5) is 0 Å². The van der Waals surface area contributed by atoms with E-state index in [9.17, 15) is 9.90 Å². The van der Waals surface area contributed by atoms with Gasteiger partial charge in [-0.05, 0) is 50.7 Å². The van der Waals surface area contributed by atoms with Gasteiger partial charge in [-0.3, -0.25) is 4.79 Å². The van der Waals surface area contributed by atoms with Crippen LogP contribution in [-0.4, -0.2) is 54.9 Å². The highest BCUT2D eigenvalue weighted by Crippen LogP contribution is 2.55. The molecule has 0 aromatic heterocycles. The number of nitrogens with zero attached hydrogens (tertiary/aromatic N) is 1. The smallest absolute Gasteiger partial charge is 0.224 e. The highest BCUT2D eigenvalue weighted by molar-refractivity contribution is 5.76. The zero-order chi connectivity index (χ0) is 19.9. The van der Waals surface area contributed by atoms with E-state index in [4.69, 9.17) is 14.2 Å². The maximum Gasteiger partial charge on any atom is 0.224 e. The van der Waals surface area contributed by atoms with Crippen LogP contribution in [-0.2, 0) is 14.3 Å². The maximum atomic E-state index is 12.3. The molecule has 0 radical (unpaired) electrons. The number of carbonyl (C=O) groups excluding carboxylic acids is 1. The molecule has 154 valence electrons. The predicted molar refractivity (Wildman–Crippen MR) is 104 cm³/mol. The maximum absolute atomic E-state index is 12.3. The molecule has 3 aliphatic heterocycles. The standard InChI is InChI=1S/C22H31NO5/c1-21(2)17-13-22(7-9-23(10-8-22)19(25)6-11-26-3)14-27-20(17)16-5-4-15(24)12-18(16)28-21/h4-5,12,17,20,24H,6-11,13-14H2,1-3H3/t17-,20+/m0/s1. The summed E-state index contributed by atoms with van der Waals surface area (Å²) in [6, 6.07) is 5.31. The fourth-order valence-corrected chi connectivity index (χ4v) is 5.06. The van der Waals surface area contributed by atoms with E-state index in [1.807, 2.05) is 11.0 Å². The molecule has 0 bridgehead atoms. The third kappa shape index (κ3) is 3.48. The Morgan fingerprint density at radius 3 is 2.79 bits per heavy atom. The third-order valence-electron chi connectivity index (χ3n) is 6.85. The first kappa shape index (κ1) is 19.5. The number of hydrogen-bond donors (Lipinski definition) is 1. The van der Waals surface area contributed by atoms with Gasteiger partial charge in [-0.15, -0.1) is 0 Å². The molecular weight excluding hydrogens is 358 g/mol. The number of hydrogen-bond acceptors (Lipinski definition) is 5. The number of methoxy groups -OCH3 is 1. The van der Waals surface area contributed by atoms with Crippen molar-refractivity contribution < 1.29 is 24.1 Å². The average Bonchev–Trinajstić information content (AvgIpc) is 2.66. The molecular formula is C22H31NO5. The zero-order valence-corrected chi connectivity index (χ0v) is 17.1. The van der Waals surface area contributed by atoms with E-state index in [0.717, 1.165) is 43.7 Å². The lowest BCUT2D eigenvalue weighted by Crippen LogP contribution is -2.54. The van der Waals surface area contributed by atoms with Gasteiger partial charge in [-0.1, -0.05) is 0 Å². The summed E-state index contributed by atoms with van der Waals surface area (Å²) in [6.07, 6.45) is 3.41. The van der Waals surface area contributed by atoms with Crippen LogP contribution in [0.15, 0.2) is 18.2 Å². The number of rotatable bonds is 3. The molecule has 6 heteroatoms. The van der Waals surface area contributed by atoms with Crippen LogP contribution in [0.3, 0.4) is 0 Å². The summed E-state index contributed by atoms with van der Waals surface area (Å²) in [7, 11) is 1.63. The molecule has 1 spiro atoms. The van der Waals surface area contributed by atoms with E-state index >= 15 is 0 Å². The van der Waals surface area contributed by atoms with E-state index in [1.54, 1.807) is 19.2 Å². The molecule has 4 rings (SSSR count). The van der Waals surface area contributed by atoms with Gasteiger partial charge in [0, 0.05) is 37.7 Å². The van der Waals surface area contributed by atoms with Gasteiger partial charge in [0.15, 0.2) is 0 Å². The molecule has 2 atom stereocenters. The van der Waals surface area contributed by atoms with E-state index in [1.165, 1.54) is 0 Å². The Morgan fingerprint density at radius 2 is 2.07 bits per heavy atom. The quantitative estimate of drug-likeness (QED) is 0.859. The average molecular weight is 389 g/mol. The van der Waals surface area contributed by atoms with E-state index < -0.39 is 0 Å². The number of carbonyl (C=O) groups is 1. The molecule has 1 aromatic carbocycles. The minimum absolute atomic E-state index is 0.00802. The Labute approximate surface area is 166 Å². The van der Waals surface area contributed by atoms with E-state index in [0.29, 0.717) is 19.6 Å². The minimum Gasteiger partial charge on any atom is -0.508 e. The Hall–Kier alpha value is -1.79. The van der Waals surface area contributed by atoms with Crippen molar-refractivity contribution in [3.63, 3.8) is 0 Å². The van der Waals surface area contributed by atoms with Gasteiger partial charge in [0.2, 0.25) is 5.91 Å². The van der Waals surface area contributed by atoms with Gasteiger partial charge in [0.1, 0.15) is 17.1 Å². The number of phenols is 1. The van der Waals surface area contributed by atoms with E-state index in [-0.39, 0.29) is 34.7 Å². The summed E-state index contributed by atoms with van der Waals surface area (Å²) in [5.74, 6) is 1.36. The molecule has 1 aromatic rings. The molecule has 2 saturated heterocycles. The van der Waals surface area contributed by atoms with Crippen LogP contribution in [0, 0.1) is 11.3 Å². The summed E-state index contributed by atoms with van der Waals surface area (Å²) in [6.45, 7) is 7.00. The number of likely N-dealkylation sites (tertiary alicyclic amines) is 1. The van der Waals surface area contributed by atoms with Crippen LogP contribution in [0.1, 0.15) is 51.2 Å². The second-order valence-corrected chi connectivity index (χ2v) is 9.09. The van der Waals surface area contributed by atoms with Crippen molar-refractivity contribution in [2.45, 2.75) is 51.2 Å². The van der Waals surface area contributed by atoms with Crippen molar-refractivity contribution in [2.75, 3.05) is 33.4 Å². The van der Waals surface area contributed by atoms with Crippen LogP contribution >= 0.6 is 0 Å². The molecule has 2 fully saturated rings. The number of piperidine rings is 1. The van der Waals surface area contributed by atoms with Gasteiger partial charge in [-0.2, -0.15) is 0 Å². The summed E-state index contributed by atoms with van der Waals surface area (Å²) in [5, 5.41) is 9.82. The van der Waals surface area contributed by atoms with Crippen LogP contribution in [0.2, 0.25) is 0 Å². The highest BCUT2D eigenvalue weighted by Gasteiger charge is 2.52. The minimum atomic E-state index is -0.371. The topological polar surface area (TPSA) is 68.2 Å². The van der Waals surface area contributed by atoms with Gasteiger partial charge in [-0.25, -0.2) is 0 Å². The Bertz CT molecular complexity index is 738. The van der Waals surface area contributed by atoms with Crippen molar-refractivity contribution in [3.05, 3.63) is 23.8 Å². The van der Waals surface area contributed by atoms with Crippen LogP contribution in [0.25, 0.3) is 0 Å². The molecule has 6 nitrogen and oxygen atoms in total. The fourth-order valence-electron chi connectivity index (χ4n) is 5.06. The summed E-state index contributed by atoms with van der Waals surface area (Å²) < 4.78 is 17.8. The number of aromatic hydroxyl groups is 1. The normalized spacial score (nSPS) is 27.6. The molecule has 28 heavy (non-hydrogen) atoms. The second-order valence-electron chi connectivity index (χ2n) is 9.09. The SMILES string of the molecule is COCCC(=O)N1CCC2(CC1)CO[C@@H]1c3ccc(O)cc3OC(C)(C)[C@H]1C2. The summed E-state index contributed by atoms with van der Waals surface area (Å²) in [5.41, 5.74) is 0.766. The van der Waals surface area contributed by atoms with Crippen molar-refractivity contribution in [3.8, 4) is 11.5 Å². The number of ether oxygens (including phenoxy) is 3. The van der Waals surface area contributed by atoms with Crippen molar-refractivity contribution >= 4 is 5.91 Å². The first-order chi connectivity index (χ1) is 13.3. The lowest BCUT2D eigenvalue weighted by molar-refractivity contribution is -0.176. The molecule has 0 unspecified atom stereocenters. The Balaban J connectivity index is 1.48. The van der Waals surface area contributed by atoms with Gasteiger partial charge in [0.05, 0.1) is 25.7 Å². The summed E-state index contributed by atoms with van der Waals surface area (Å²) in [4.78, 5) is 14.3. The van der Waals surface area contributed by atoms with Gasteiger partial charge < -0.3 is 24.2 Å². The van der Waals surface area contributed by atoms with Crippen molar-refractivity contribution in [2.24, 2.45) is 11.3 Å². The van der Waals surface area contributed by atoms with E-state index in [2.05, 4.69) is 13.8 Å². The Kier molecular flexibility index (Phi) is 5.04. The number of benzene rings is 1. The van der Waals surface area contributed by atoms with Crippen LogP contribution < -0.4 is 4.74 Å². The molecule has 3 heterocycles. The predicted octanol–water partition coefficient (Wildman–Crippen LogP) is 3.29. The summed E-state index contributed by atoms with van der Waals surface area (Å²) >= 11 is 0. The van der Waals surface area contributed by atoms with Gasteiger partial charge in [0.25, 0.3) is 0 Å². The molecule has 0 saturated carbocycles. The van der Waals surface area contributed by atoms with Crippen molar-refractivity contribution in [1.82, 2.24) is 4.90 Å². The fraction of sp³-hybridized carbons (Fsp3) is 0.682. The largest absolute Gasteiger partial charge is 0.508 e. The third-order valence-corrected chi connectivity index (χ3v) is 6.85. The number of amides is 1. The van der Waals surface area contributed by atoms with Gasteiger partial charge >= 0.3 is 0 Å². The highest BCUT2D eigenvalue weighted by atomic mass is 16.5. The first-order valence-corrected chi connectivity index (χ1v) is 10.2. The van der Waals surface area contributed by atoms with Crippen molar-refractivity contribution in [1.29, 1.82) is 0 Å². The monoisotopic (exact) mass is 389 g/mol. The molecule has 0 aliphatic carbocycles. The molecule has 3 aliphatic rings. The molecule has 1 N–H and O–H groups in total. The molecule has 1 amide bonds.